The molecule has 3 N–H and O–H groups in total. The third-order valence-electron chi connectivity index (χ3n) is 0.773. The van der Waals surface area contributed by atoms with Crippen LogP contribution in [0.5, 0.6) is 0 Å². The lowest BCUT2D eigenvalue weighted by atomic mass is 10.5. The van der Waals surface area contributed by atoms with Crippen molar-refractivity contribution in [2.75, 3.05) is 0 Å². The average Bonchev–Trinajstić information content (AvgIpc) is 1.88. The molecule has 0 spiro atoms. The first-order valence-corrected chi connectivity index (χ1v) is 2.62. The lowest BCUT2D eigenvalue weighted by Gasteiger charge is -1.88. The van der Waals surface area contributed by atoms with Crippen molar-refractivity contribution >= 4 is 0 Å². The number of hydrogen-bond acceptors (Lipinski definition) is 4. The van der Waals surface area contributed by atoms with Crippen LogP contribution in [0.15, 0.2) is 24.3 Å². The number of nitrogens with zero attached hydrogens (tertiary/aromatic N) is 1. The fraction of sp³-hybridized carbons (Fsp3) is 0.200. The van der Waals surface area contributed by atoms with Crippen LogP contribution in [0.1, 0.15) is 6.92 Å². The Morgan fingerprint density at radius 3 is 2.80 bits per heavy atom. The molecule has 0 atom stereocenters. The zero-order valence-electron chi connectivity index (χ0n) is 5.57. The molecule has 10 heavy (non-hydrogen) atoms. The van der Waals surface area contributed by atoms with Gasteiger partial charge in [0.25, 0.3) is 5.70 Å². The first kappa shape index (κ1) is 8.48. The molecule has 0 aromatic rings. The van der Waals surface area contributed by atoms with Crippen molar-refractivity contribution in [2.24, 2.45) is 5.73 Å². The van der Waals surface area contributed by atoms with Crippen LogP contribution in [0.3, 0.4) is 0 Å². The van der Waals surface area contributed by atoms with Crippen molar-refractivity contribution in [3.63, 3.8) is 0 Å². The molecule has 0 rings (SSSR count). The molecule has 0 aliphatic carbocycles. The maximum atomic E-state index is 9.94. The molecule has 0 unspecified atom stereocenters. The minimum absolute atomic E-state index is 0.0399. The van der Waals surface area contributed by atoms with E-state index in [-0.39, 0.29) is 5.70 Å². The summed E-state index contributed by atoms with van der Waals surface area (Å²) in [7, 11) is 0. The van der Waals surface area contributed by atoms with Crippen LogP contribution in [-0.2, 0) is 0 Å². The highest BCUT2D eigenvalue weighted by molar-refractivity contribution is 4.89. The standard InChI is InChI=1S/C5H9N3O2/c1-5(8(9)10)4-7-3-2-6/h2-4,7H,6H2,1H3/b3-2-,5-4+. The van der Waals surface area contributed by atoms with Crippen molar-refractivity contribution in [3.8, 4) is 0 Å². The number of allylic oxidation sites excluding steroid dienone is 1. The van der Waals surface area contributed by atoms with Crippen LogP contribution >= 0.6 is 0 Å². The van der Waals surface area contributed by atoms with Gasteiger partial charge in [-0.15, -0.1) is 0 Å². The summed E-state index contributed by atoms with van der Waals surface area (Å²) in [6.07, 6.45) is 3.90. The maximum absolute atomic E-state index is 9.94. The van der Waals surface area contributed by atoms with Crippen molar-refractivity contribution in [3.05, 3.63) is 34.4 Å². The number of rotatable bonds is 3. The van der Waals surface area contributed by atoms with Gasteiger partial charge in [0, 0.05) is 19.3 Å². The zero-order chi connectivity index (χ0) is 7.98. The SMILES string of the molecule is C/C(=C\N/C=C\N)[N+](=O)[O-]. The van der Waals surface area contributed by atoms with Crippen molar-refractivity contribution in [1.29, 1.82) is 0 Å². The summed E-state index contributed by atoms with van der Waals surface area (Å²) in [5.74, 6) is 0. The summed E-state index contributed by atoms with van der Waals surface area (Å²) in [5.41, 5.74) is 4.99. The molecule has 0 saturated carbocycles. The molecule has 5 heteroatoms. The third kappa shape index (κ3) is 3.48. The topological polar surface area (TPSA) is 81.2 Å². The van der Waals surface area contributed by atoms with E-state index in [0.29, 0.717) is 0 Å². The highest BCUT2D eigenvalue weighted by atomic mass is 16.6. The minimum Gasteiger partial charge on any atom is -0.403 e. The van der Waals surface area contributed by atoms with Gasteiger partial charge in [-0.3, -0.25) is 10.1 Å². The van der Waals surface area contributed by atoms with Gasteiger partial charge in [0.1, 0.15) is 0 Å². The Labute approximate surface area is 58.4 Å². The lowest BCUT2D eigenvalue weighted by molar-refractivity contribution is -0.424. The van der Waals surface area contributed by atoms with Gasteiger partial charge in [-0.25, -0.2) is 0 Å². The normalized spacial score (nSPS) is 11.9. The molecule has 0 heterocycles. The van der Waals surface area contributed by atoms with Crippen molar-refractivity contribution < 1.29 is 4.92 Å². The predicted molar refractivity (Wildman–Crippen MR) is 37.2 cm³/mol. The Balaban J connectivity index is 3.80. The molecule has 0 radical (unpaired) electrons. The number of nitrogens with one attached hydrogen (secondary N) is 1. The zero-order valence-corrected chi connectivity index (χ0v) is 5.57. The Bertz CT molecular complexity index is 174. The summed E-state index contributed by atoms with van der Waals surface area (Å²) in [6.45, 7) is 1.39. The summed E-state index contributed by atoms with van der Waals surface area (Å²) in [6, 6.07) is 0. The van der Waals surface area contributed by atoms with Gasteiger partial charge in [-0.1, -0.05) is 0 Å². The molecule has 5 nitrogen and oxygen atoms in total. The molecule has 0 bridgehead atoms. The summed E-state index contributed by atoms with van der Waals surface area (Å²) >= 11 is 0. The second-order valence-corrected chi connectivity index (χ2v) is 1.57. The molecule has 0 aliphatic heterocycles. The van der Waals surface area contributed by atoms with Gasteiger partial charge in [0.15, 0.2) is 0 Å². The van der Waals surface area contributed by atoms with Crippen LogP contribution in [0.4, 0.5) is 0 Å². The van der Waals surface area contributed by atoms with Crippen LogP contribution in [-0.4, -0.2) is 4.92 Å². The molecule has 0 fully saturated rings. The van der Waals surface area contributed by atoms with E-state index in [2.05, 4.69) is 5.32 Å². The van der Waals surface area contributed by atoms with Crippen LogP contribution in [0.25, 0.3) is 0 Å². The molecule has 56 valence electrons. The summed E-state index contributed by atoms with van der Waals surface area (Å²) in [5, 5.41) is 12.4. The fourth-order valence-corrected chi connectivity index (χ4v) is 0.277. The van der Waals surface area contributed by atoms with Gasteiger partial charge in [0.05, 0.1) is 11.1 Å². The van der Waals surface area contributed by atoms with Gasteiger partial charge in [-0.2, -0.15) is 0 Å². The van der Waals surface area contributed by atoms with E-state index in [1.54, 1.807) is 0 Å². The van der Waals surface area contributed by atoms with Crippen LogP contribution < -0.4 is 11.1 Å². The Hall–Kier alpha value is -1.52. The van der Waals surface area contributed by atoms with Crippen molar-refractivity contribution in [1.82, 2.24) is 5.32 Å². The fourth-order valence-electron chi connectivity index (χ4n) is 0.277. The molecule has 0 aliphatic rings. The quantitative estimate of drug-likeness (QED) is 0.435. The van der Waals surface area contributed by atoms with Crippen LogP contribution in [0, 0.1) is 10.1 Å². The highest BCUT2D eigenvalue weighted by Gasteiger charge is 1.97. The largest absolute Gasteiger partial charge is 0.403 e. The number of nitrogens with two attached hydrogens (primary N) is 1. The van der Waals surface area contributed by atoms with Gasteiger partial charge >= 0.3 is 0 Å². The summed E-state index contributed by atoms with van der Waals surface area (Å²) < 4.78 is 0. The van der Waals surface area contributed by atoms with Crippen LogP contribution in [0.2, 0.25) is 0 Å². The molecule has 0 saturated heterocycles. The monoisotopic (exact) mass is 143 g/mol. The third-order valence-corrected chi connectivity index (χ3v) is 0.773. The van der Waals surface area contributed by atoms with Gasteiger partial charge in [0.2, 0.25) is 0 Å². The van der Waals surface area contributed by atoms with E-state index in [0.717, 1.165) is 0 Å². The minimum atomic E-state index is -0.489. The second-order valence-electron chi connectivity index (χ2n) is 1.57. The lowest BCUT2D eigenvalue weighted by Crippen LogP contribution is -2.01. The smallest absolute Gasteiger partial charge is 0.258 e. The van der Waals surface area contributed by atoms with E-state index < -0.39 is 4.92 Å². The summed E-state index contributed by atoms with van der Waals surface area (Å²) in [4.78, 5) is 9.45. The molecule has 0 amide bonds. The van der Waals surface area contributed by atoms with E-state index in [1.165, 1.54) is 25.5 Å². The molecule has 0 aromatic carbocycles. The van der Waals surface area contributed by atoms with E-state index in [4.69, 9.17) is 5.73 Å². The second kappa shape index (κ2) is 4.37. The highest BCUT2D eigenvalue weighted by Crippen LogP contribution is 1.88. The Morgan fingerprint density at radius 1 is 1.80 bits per heavy atom. The van der Waals surface area contributed by atoms with Gasteiger partial charge < -0.3 is 11.1 Å². The maximum Gasteiger partial charge on any atom is 0.258 e. The first-order chi connectivity index (χ1) is 4.68. The Morgan fingerprint density at radius 2 is 2.40 bits per heavy atom. The molecule has 0 aromatic heterocycles. The van der Waals surface area contributed by atoms with E-state index in [1.807, 2.05) is 0 Å². The average molecular weight is 143 g/mol. The first-order valence-electron chi connectivity index (χ1n) is 2.62. The van der Waals surface area contributed by atoms with Crippen molar-refractivity contribution in [2.45, 2.75) is 6.92 Å². The molecular weight excluding hydrogens is 134 g/mol. The Kier molecular flexibility index (Phi) is 3.70. The van der Waals surface area contributed by atoms with E-state index >= 15 is 0 Å². The van der Waals surface area contributed by atoms with E-state index in [9.17, 15) is 10.1 Å². The number of nitro groups is 1. The predicted octanol–water partition coefficient (Wildman–Crippen LogP) is 0.144. The molecular formula is C5H9N3O2. The number of hydrogen-bond donors (Lipinski definition) is 2. The van der Waals surface area contributed by atoms with Gasteiger partial charge in [-0.05, 0) is 0 Å².